The van der Waals surface area contributed by atoms with Crippen molar-refractivity contribution in [3.63, 3.8) is 0 Å². The summed E-state index contributed by atoms with van der Waals surface area (Å²) >= 11 is 8.18. The van der Waals surface area contributed by atoms with Gasteiger partial charge in [0, 0.05) is 18.5 Å². The molecule has 2 nitrogen and oxygen atoms in total. The van der Waals surface area contributed by atoms with Gasteiger partial charge in [-0.05, 0) is 42.1 Å². The van der Waals surface area contributed by atoms with Crippen molar-refractivity contribution in [1.29, 1.82) is 0 Å². The van der Waals surface area contributed by atoms with Gasteiger partial charge >= 0.3 is 0 Å². The zero-order valence-corrected chi connectivity index (χ0v) is 13.6. The van der Waals surface area contributed by atoms with Crippen molar-refractivity contribution in [3.05, 3.63) is 51.2 Å². The van der Waals surface area contributed by atoms with Crippen LogP contribution in [0.4, 0.5) is 5.69 Å². The number of hydrogen-bond acceptors (Lipinski definition) is 3. The standard InChI is InChI=1S/C16H21ClN2S/c1-3-8-18-11-13-6-7-16(15(17)10-13)19(2)12-14-5-4-9-20-14/h4-7,9-10,18H,3,8,11-12H2,1-2H3. The molecule has 0 fully saturated rings. The van der Waals surface area contributed by atoms with Crippen molar-refractivity contribution < 1.29 is 0 Å². The third kappa shape index (κ3) is 4.23. The van der Waals surface area contributed by atoms with Gasteiger partial charge in [0.1, 0.15) is 0 Å². The fourth-order valence-corrected chi connectivity index (χ4v) is 3.21. The van der Waals surface area contributed by atoms with Gasteiger partial charge in [0.2, 0.25) is 0 Å². The van der Waals surface area contributed by atoms with Gasteiger partial charge in [-0.1, -0.05) is 30.7 Å². The Kier molecular flexibility index (Phi) is 5.89. The van der Waals surface area contributed by atoms with Gasteiger partial charge in [0.25, 0.3) is 0 Å². The van der Waals surface area contributed by atoms with Crippen LogP contribution in [0.15, 0.2) is 35.7 Å². The van der Waals surface area contributed by atoms with Crippen molar-refractivity contribution in [3.8, 4) is 0 Å². The third-order valence-electron chi connectivity index (χ3n) is 3.15. The molecule has 2 aromatic rings. The van der Waals surface area contributed by atoms with Crippen LogP contribution in [-0.2, 0) is 13.1 Å². The molecule has 20 heavy (non-hydrogen) atoms. The molecule has 0 atom stereocenters. The molecule has 1 aromatic heterocycles. The van der Waals surface area contributed by atoms with Crippen LogP contribution in [0.3, 0.4) is 0 Å². The summed E-state index contributed by atoms with van der Waals surface area (Å²) in [6.45, 7) is 4.98. The Morgan fingerprint density at radius 3 is 2.80 bits per heavy atom. The molecule has 0 amide bonds. The van der Waals surface area contributed by atoms with Gasteiger partial charge in [-0.25, -0.2) is 0 Å². The number of anilines is 1. The van der Waals surface area contributed by atoms with E-state index in [0.717, 1.165) is 36.8 Å². The summed E-state index contributed by atoms with van der Waals surface area (Å²) in [5, 5.41) is 6.32. The summed E-state index contributed by atoms with van der Waals surface area (Å²) in [5.41, 5.74) is 2.32. The lowest BCUT2D eigenvalue weighted by atomic mass is 10.2. The molecule has 0 unspecified atom stereocenters. The van der Waals surface area contributed by atoms with E-state index >= 15 is 0 Å². The van der Waals surface area contributed by atoms with E-state index in [2.05, 4.69) is 59.9 Å². The number of hydrogen-bond donors (Lipinski definition) is 1. The molecule has 0 aliphatic heterocycles. The predicted octanol–water partition coefficient (Wildman–Crippen LogP) is 4.54. The molecule has 1 aromatic carbocycles. The summed E-state index contributed by atoms with van der Waals surface area (Å²) in [5.74, 6) is 0. The van der Waals surface area contributed by atoms with Crippen LogP contribution < -0.4 is 10.2 Å². The predicted molar refractivity (Wildman–Crippen MR) is 89.9 cm³/mol. The molecule has 0 spiro atoms. The van der Waals surface area contributed by atoms with Crippen molar-refractivity contribution in [2.24, 2.45) is 0 Å². The van der Waals surface area contributed by atoms with Crippen LogP contribution in [0.25, 0.3) is 0 Å². The van der Waals surface area contributed by atoms with E-state index in [1.165, 1.54) is 10.4 Å². The minimum atomic E-state index is 0.819. The molecule has 0 saturated carbocycles. The van der Waals surface area contributed by atoms with E-state index in [1.807, 2.05) is 0 Å². The van der Waals surface area contributed by atoms with Crippen LogP contribution in [0.5, 0.6) is 0 Å². The first-order valence-electron chi connectivity index (χ1n) is 6.93. The highest BCUT2D eigenvalue weighted by molar-refractivity contribution is 7.09. The van der Waals surface area contributed by atoms with E-state index in [9.17, 15) is 0 Å². The molecule has 1 N–H and O–H groups in total. The minimum absolute atomic E-state index is 0.819. The average Bonchev–Trinajstić information content (AvgIpc) is 2.92. The van der Waals surface area contributed by atoms with Crippen molar-refractivity contribution in [2.45, 2.75) is 26.4 Å². The van der Waals surface area contributed by atoms with E-state index < -0.39 is 0 Å². The quantitative estimate of drug-likeness (QED) is 0.756. The number of nitrogens with zero attached hydrogens (tertiary/aromatic N) is 1. The molecule has 108 valence electrons. The zero-order valence-electron chi connectivity index (χ0n) is 12.0. The van der Waals surface area contributed by atoms with E-state index in [1.54, 1.807) is 11.3 Å². The molecule has 2 rings (SSSR count). The second kappa shape index (κ2) is 7.67. The first-order valence-corrected chi connectivity index (χ1v) is 8.19. The van der Waals surface area contributed by atoms with Gasteiger partial charge in [0.15, 0.2) is 0 Å². The monoisotopic (exact) mass is 308 g/mol. The second-order valence-corrected chi connectivity index (χ2v) is 6.34. The Bertz CT molecular complexity index is 525. The van der Waals surface area contributed by atoms with E-state index in [0.29, 0.717) is 0 Å². The maximum Gasteiger partial charge on any atom is 0.0642 e. The molecule has 0 saturated heterocycles. The summed E-state index contributed by atoms with van der Waals surface area (Å²) in [6, 6.07) is 10.5. The molecule has 0 bridgehead atoms. The van der Waals surface area contributed by atoms with Crippen molar-refractivity contribution in [2.75, 3.05) is 18.5 Å². The fourth-order valence-electron chi connectivity index (χ4n) is 2.10. The fraction of sp³-hybridized carbons (Fsp3) is 0.375. The molecule has 0 aliphatic rings. The van der Waals surface area contributed by atoms with E-state index in [-0.39, 0.29) is 0 Å². The molecule has 4 heteroatoms. The maximum atomic E-state index is 6.41. The summed E-state index contributed by atoms with van der Waals surface area (Å²) in [6.07, 6.45) is 1.15. The first-order chi connectivity index (χ1) is 9.70. The summed E-state index contributed by atoms with van der Waals surface area (Å²) in [7, 11) is 2.08. The Labute approximate surface area is 130 Å². The van der Waals surface area contributed by atoms with E-state index in [4.69, 9.17) is 11.6 Å². The normalized spacial score (nSPS) is 10.8. The highest BCUT2D eigenvalue weighted by Gasteiger charge is 2.08. The Balaban J connectivity index is 2.01. The van der Waals surface area contributed by atoms with Crippen LogP contribution in [0, 0.1) is 0 Å². The molecule has 1 heterocycles. The van der Waals surface area contributed by atoms with Crippen LogP contribution in [-0.4, -0.2) is 13.6 Å². The van der Waals surface area contributed by atoms with Gasteiger partial charge in [0.05, 0.1) is 17.3 Å². The number of halogens is 1. The van der Waals surface area contributed by atoms with Gasteiger partial charge < -0.3 is 10.2 Å². The van der Waals surface area contributed by atoms with Crippen LogP contribution >= 0.6 is 22.9 Å². The smallest absolute Gasteiger partial charge is 0.0642 e. The number of nitrogens with one attached hydrogen (secondary N) is 1. The molecular weight excluding hydrogens is 288 g/mol. The highest BCUT2D eigenvalue weighted by Crippen LogP contribution is 2.27. The number of benzene rings is 1. The lowest BCUT2D eigenvalue weighted by Crippen LogP contribution is -2.17. The topological polar surface area (TPSA) is 15.3 Å². The Morgan fingerprint density at radius 1 is 1.30 bits per heavy atom. The SMILES string of the molecule is CCCNCc1ccc(N(C)Cc2cccs2)c(Cl)c1. The lowest BCUT2D eigenvalue weighted by Gasteiger charge is -2.20. The third-order valence-corrected chi connectivity index (χ3v) is 4.32. The molecule has 0 radical (unpaired) electrons. The van der Waals surface area contributed by atoms with Gasteiger partial charge in [-0.2, -0.15) is 0 Å². The zero-order chi connectivity index (χ0) is 14.4. The Hall–Kier alpha value is -1.03. The van der Waals surface area contributed by atoms with Crippen molar-refractivity contribution in [1.82, 2.24) is 5.32 Å². The lowest BCUT2D eigenvalue weighted by molar-refractivity contribution is 0.675. The number of thiophene rings is 1. The van der Waals surface area contributed by atoms with Crippen LogP contribution in [0.1, 0.15) is 23.8 Å². The van der Waals surface area contributed by atoms with Crippen molar-refractivity contribution >= 4 is 28.6 Å². The molecule has 0 aliphatic carbocycles. The van der Waals surface area contributed by atoms with Gasteiger partial charge in [-0.3, -0.25) is 0 Å². The van der Waals surface area contributed by atoms with Crippen LogP contribution in [0.2, 0.25) is 5.02 Å². The minimum Gasteiger partial charge on any atom is -0.368 e. The second-order valence-electron chi connectivity index (χ2n) is 4.90. The summed E-state index contributed by atoms with van der Waals surface area (Å²) in [4.78, 5) is 3.54. The highest BCUT2D eigenvalue weighted by atomic mass is 35.5. The largest absolute Gasteiger partial charge is 0.368 e. The Morgan fingerprint density at radius 2 is 2.15 bits per heavy atom. The first kappa shape index (κ1) is 15.4. The van der Waals surface area contributed by atoms with Gasteiger partial charge in [-0.15, -0.1) is 11.3 Å². The summed E-state index contributed by atoms with van der Waals surface area (Å²) < 4.78 is 0. The molecular formula is C16H21ClN2S. The average molecular weight is 309 g/mol. The maximum absolute atomic E-state index is 6.41. The number of rotatable bonds is 7.